The number of ether oxygens (including phenoxy) is 1. The number of aromatic nitrogens is 1. The van der Waals surface area contributed by atoms with Crippen molar-refractivity contribution in [3.8, 4) is 5.88 Å². The summed E-state index contributed by atoms with van der Waals surface area (Å²) in [4.78, 5) is 20.8. The van der Waals surface area contributed by atoms with Gasteiger partial charge in [-0.05, 0) is 48.2 Å². The van der Waals surface area contributed by atoms with E-state index in [1.807, 2.05) is 73.7 Å². The van der Waals surface area contributed by atoms with Crippen LogP contribution in [0.2, 0.25) is 0 Å². The summed E-state index contributed by atoms with van der Waals surface area (Å²) in [5.41, 5.74) is 3.87. The van der Waals surface area contributed by atoms with E-state index < -0.39 is 0 Å². The fraction of sp³-hybridized carbons (Fsp3) is 0.269. The van der Waals surface area contributed by atoms with Crippen LogP contribution in [-0.4, -0.2) is 37.0 Å². The zero-order valence-electron chi connectivity index (χ0n) is 19.2. The third-order valence-corrected chi connectivity index (χ3v) is 4.92. The molecule has 0 atom stereocenters. The number of amides is 1. The average molecular weight is 446 g/mol. The van der Waals surface area contributed by atoms with E-state index in [-0.39, 0.29) is 5.91 Å². The Morgan fingerprint density at radius 1 is 0.970 bits per heavy atom. The third kappa shape index (κ3) is 7.96. The molecule has 1 heterocycles. The predicted octanol–water partition coefficient (Wildman–Crippen LogP) is 3.32. The van der Waals surface area contributed by atoms with E-state index >= 15 is 0 Å². The molecule has 2 aromatic carbocycles. The first-order chi connectivity index (χ1) is 16.2. The molecule has 3 aromatic rings. The number of nitrogens with zero attached hydrogens (tertiary/aromatic N) is 2. The lowest BCUT2D eigenvalue weighted by atomic mass is 10.1. The highest BCUT2D eigenvalue weighted by Gasteiger charge is 2.05. The monoisotopic (exact) mass is 445 g/mol. The Morgan fingerprint density at radius 3 is 2.58 bits per heavy atom. The number of rotatable bonds is 10. The van der Waals surface area contributed by atoms with Crippen molar-refractivity contribution in [3.63, 3.8) is 0 Å². The van der Waals surface area contributed by atoms with Gasteiger partial charge in [0.2, 0.25) is 5.88 Å². The average Bonchev–Trinajstić information content (AvgIpc) is 2.86. The molecule has 1 amide bonds. The van der Waals surface area contributed by atoms with Crippen molar-refractivity contribution in [2.24, 2.45) is 4.99 Å². The molecule has 3 rings (SSSR count). The standard InChI is InChI=1S/C26H31N5O2/c1-3-28-26(30-15-12-20-10-7-11-23(16-20)25(32)27-2)31-18-22-13-14-29-24(17-22)33-19-21-8-5-4-6-9-21/h4-11,13-14,16-17H,3,12,15,18-19H2,1-2H3,(H,27,32)(H2,28,30,31). The van der Waals surface area contributed by atoms with Crippen LogP contribution in [0.4, 0.5) is 0 Å². The second-order valence-electron chi connectivity index (χ2n) is 7.43. The summed E-state index contributed by atoms with van der Waals surface area (Å²) < 4.78 is 5.82. The molecule has 0 unspecified atom stereocenters. The maximum absolute atomic E-state index is 11.8. The van der Waals surface area contributed by atoms with E-state index in [0.29, 0.717) is 31.1 Å². The summed E-state index contributed by atoms with van der Waals surface area (Å²) in [7, 11) is 1.64. The van der Waals surface area contributed by atoms with E-state index in [0.717, 1.165) is 35.6 Å². The molecule has 0 aliphatic carbocycles. The topological polar surface area (TPSA) is 87.6 Å². The van der Waals surface area contributed by atoms with Crippen molar-refractivity contribution < 1.29 is 9.53 Å². The summed E-state index contributed by atoms with van der Waals surface area (Å²) in [5.74, 6) is 1.24. The summed E-state index contributed by atoms with van der Waals surface area (Å²) >= 11 is 0. The van der Waals surface area contributed by atoms with Gasteiger partial charge in [0.15, 0.2) is 5.96 Å². The van der Waals surface area contributed by atoms with Gasteiger partial charge in [0.25, 0.3) is 5.91 Å². The van der Waals surface area contributed by atoms with Crippen molar-refractivity contribution in [1.29, 1.82) is 0 Å². The van der Waals surface area contributed by atoms with Gasteiger partial charge in [-0.1, -0.05) is 42.5 Å². The van der Waals surface area contributed by atoms with Gasteiger partial charge >= 0.3 is 0 Å². The first kappa shape index (κ1) is 23.8. The molecular formula is C26H31N5O2. The first-order valence-corrected chi connectivity index (χ1v) is 11.1. The van der Waals surface area contributed by atoms with Crippen LogP contribution in [-0.2, 0) is 19.6 Å². The van der Waals surface area contributed by atoms with Gasteiger partial charge in [-0.25, -0.2) is 9.98 Å². The van der Waals surface area contributed by atoms with Gasteiger partial charge in [-0.2, -0.15) is 0 Å². The van der Waals surface area contributed by atoms with Crippen LogP contribution in [0.3, 0.4) is 0 Å². The van der Waals surface area contributed by atoms with Crippen LogP contribution in [0, 0.1) is 0 Å². The Bertz CT molecular complexity index is 1050. The maximum atomic E-state index is 11.8. The normalized spacial score (nSPS) is 11.0. The van der Waals surface area contributed by atoms with Crippen molar-refractivity contribution in [2.45, 2.75) is 26.5 Å². The highest BCUT2D eigenvalue weighted by Crippen LogP contribution is 2.12. The Labute approximate surface area is 195 Å². The first-order valence-electron chi connectivity index (χ1n) is 11.1. The van der Waals surface area contributed by atoms with Crippen LogP contribution in [0.5, 0.6) is 5.88 Å². The number of hydrogen-bond donors (Lipinski definition) is 3. The quantitative estimate of drug-likeness (QED) is 0.329. The molecule has 172 valence electrons. The number of aliphatic imine (C=N–C) groups is 1. The van der Waals surface area contributed by atoms with Crippen LogP contribution in [0.15, 0.2) is 77.9 Å². The van der Waals surface area contributed by atoms with Gasteiger partial charge in [0.1, 0.15) is 6.61 Å². The van der Waals surface area contributed by atoms with Crippen molar-refractivity contribution in [2.75, 3.05) is 20.1 Å². The highest BCUT2D eigenvalue weighted by atomic mass is 16.5. The molecule has 7 nitrogen and oxygen atoms in total. The number of nitrogens with one attached hydrogen (secondary N) is 3. The lowest BCUT2D eigenvalue weighted by Gasteiger charge is -2.12. The van der Waals surface area contributed by atoms with Gasteiger partial charge in [0.05, 0.1) is 6.54 Å². The smallest absolute Gasteiger partial charge is 0.251 e. The molecule has 3 N–H and O–H groups in total. The Hall–Kier alpha value is -3.87. The largest absolute Gasteiger partial charge is 0.473 e. The second kappa shape index (κ2) is 12.9. The van der Waals surface area contributed by atoms with Gasteiger partial charge in [-0.15, -0.1) is 0 Å². The van der Waals surface area contributed by atoms with E-state index in [1.165, 1.54) is 0 Å². The number of pyridine rings is 1. The SMILES string of the molecule is CCNC(=NCc1ccnc(OCc2ccccc2)c1)NCCc1cccc(C(=O)NC)c1. The number of carbonyl (C=O) groups is 1. The fourth-order valence-corrected chi connectivity index (χ4v) is 3.21. The van der Waals surface area contributed by atoms with Crippen LogP contribution in [0.1, 0.15) is 34.0 Å². The van der Waals surface area contributed by atoms with E-state index in [2.05, 4.69) is 25.9 Å². The Kier molecular flexibility index (Phi) is 9.27. The van der Waals surface area contributed by atoms with Gasteiger partial charge < -0.3 is 20.7 Å². The molecule has 0 spiro atoms. The van der Waals surface area contributed by atoms with Crippen molar-refractivity contribution in [3.05, 3.63) is 95.2 Å². The van der Waals surface area contributed by atoms with E-state index in [9.17, 15) is 4.79 Å². The molecular weight excluding hydrogens is 414 g/mol. The summed E-state index contributed by atoms with van der Waals surface area (Å²) in [6.07, 6.45) is 2.52. The number of hydrogen-bond acceptors (Lipinski definition) is 4. The third-order valence-electron chi connectivity index (χ3n) is 4.92. The highest BCUT2D eigenvalue weighted by molar-refractivity contribution is 5.94. The molecule has 0 saturated carbocycles. The summed E-state index contributed by atoms with van der Waals surface area (Å²) in [5, 5.41) is 9.28. The minimum absolute atomic E-state index is 0.0795. The Morgan fingerprint density at radius 2 is 1.79 bits per heavy atom. The molecule has 0 aliphatic rings. The second-order valence-corrected chi connectivity index (χ2v) is 7.43. The van der Waals surface area contributed by atoms with Crippen LogP contribution >= 0.6 is 0 Å². The summed E-state index contributed by atoms with van der Waals surface area (Å²) in [6, 6.07) is 21.5. The zero-order chi connectivity index (χ0) is 23.3. The summed E-state index contributed by atoms with van der Waals surface area (Å²) in [6.45, 7) is 4.48. The van der Waals surface area contributed by atoms with Gasteiger partial charge in [-0.3, -0.25) is 4.79 Å². The lowest BCUT2D eigenvalue weighted by molar-refractivity contribution is 0.0963. The molecule has 0 saturated heterocycles. The Balaban J connectivity index is 1.53. The minimum Gasteiger partial charge on any atom is -0.473 e. The van der Waals surface area contributed by atoms with Gasteiger partial charge in [0, 0.05) is 38.0 Å². The molecule has 1 aromatic heterocycles. The van der Waals surface area contributed by atoms with Crippen molar-refractivity contribution >= 4 is 11.9 Å². The fourth-order valence-electron chi connectivity index (χ4n) is 3.21. The molecule has 0 bridgehead atoms. The predicted molar refractivity (Wildman–Crippen MR) is 131 cm³/mol. The number of carbonyl (C=O) groups excluding carboxylic acids is 1. The minimum atomic E-state index is -0.0795. The zero-order valence-corrected chi connectivity index (χ0v) is 19.2. The molecule has 0 aliphatic heterocycles. The number of benzene rings is 2. The molecule has 0 fully saturated rings. The van der Waals surface area contributed by atoms with Crippen LogP contribution in [0.25, 0.3) is 0 Å². The van der Waals surface area contributed by atoms with Crippen molar-refractivity contribution in [1.82, 2.24) is 20.9 Å². The molecule has 7 heteroatoms. The maximum Gasteiger partial charge on any atom is 0.251 e. The van der Waals surface area contributed by atoms with E-state index in [1.54, 1.807) is 13.2 Å². The molecule has 0 radical (unpaired) electrons. The number of guanidine groups is 1. The molecule has 33 heavy (non-hydrogen) atoms. The lowest BCUT2D eigenvalue weighted by Crippen LogP contribution is -2.38. The van der Waals surface area contributed by atoms with Crippen LogP contribution < -0.4 is 20.7 Å². The van der Waals surface area contributed by atoms with E-state index in [4.69, 9.17) is 4.74 Å².